The number of hydrogen-bond donors (Lipinski definition) is 3. The number of nitrogens with zero attached hydrogens (tertiary/aromatic N) is 2. The molecule has 38 heavy (non-hydrogen) atoms. The first-order valence-electron chi connectivity index (χ1n) is 13.1. The molecule has 2 aromatic rings. The van der Waals surface area contributed by atoms with Crippen LogP contribution in [0.15, 0.2) is 35.6 Å². The molecule has 0 spiro atoms. The summed E-state index contributed by atoms with van der Waals surface area (Å²) < 4.78 is 40.4. The van der Waals surface area contributed by atoms with Gasteiger partial charge >= 0.3 is 0 Å². The van der Waals surface area contributed by atoms with Crippen molar-refractivity contribution >= 4 is 21.8 Å². The Morgan fingerprint density at radius 1 is 1.16 bits per heavy atom. The second-order valence-corrected chi connectivity index (χ2v) is 11.7. The Hall–Kier alpha value is -3.12. The van der Waals surface area contributed by atoms with E-state index < -0.39 is 27.9 Å². The first-order valence-corrected chi connectivity index (χ1v) is 14.6. The predicted octanol–water partition coefficient (Wildman–Crippen LogP) is 1.86. The first kappa shape index (κ1) is 27.9. The highest BCUT2D eigenvalue weighted by molar-refractivity contribution is 7.89. The Labute approximate surface area is 223 Å². The number of aromatic amines is 1. The number of H-pyrrole nitrogens is 1. The van der Waals surface area contributed by atoms with Crippen LogP contribution in [0, 0.1) is 11.8 Å². The summed E-state index contributed by atoms with van der Waals surface area (Å²) in [5, 5.41) is 5.93. The SMILES string of the molecule is COc1ccc(OC)c(S(=O)(=O)N2CCCCCCNC(=O)C3CC(C(=O)NCCc4cnc[nH]4)CC32)c1. The number of methoxy groups -OCH3 is 2. The van der Waals surface area contributed by atoms with Crippen molar-refractivity contribution < 1.29 is 27.5 Å². The fraction of sp³-hybridized carbons (Fsp3) is 0.577. The largest absolute Gasteiger partial charge is 0.497 e. The topological polar surface area (TPSA) is 143 Å². The molecule has 0 bridgehead atoms. The first-order chi connectivity index (χ1) is 18.3. The molecule has 2 fully saturated rings. The normalized spacial score (nSPS) is 23.1. The number of fused-ring (bicyclic) bond motifs is 1. The Morgan fingerprint density at radius 2 is 1.97 bits per heavy atom. The van der Waals surface area contributed by atoms with Crippen LogP contribution in [-0.2, 0) is 26.0 Å². The van der Waals surface area contributed by atoms with Crippen molar-refractivity contribution in [3.05, 3.63) is 36.4 Å². The molecule has 2 aliphatic rings. The zero-order chi connectivity index (χ0) is 27.1. The lowest BCUT2D eigenvalue weighted by molar-refractivity contribution is -0.126. The highest BCUT2D eigenvalue weighted by atomic mass is 32.2. The van der Waals surface area contributed by atoms with Crippen molar-refractivity contribution in [2.24, 2.45) is 11.8 Å². The molecule has 1 aliphatic carbocycles. The Bertz CT molecular complexity index is 1200. The van der Waals surface area contributed by atoms with Gasteiger partial charge < -0.3 is 25.1 Å². The van der Waals surface area contributed by atoms with Crippen molar-refractivity contribution in [2.75, 3.05) is 33.9 Å². The van der Waals surface area contributed by atoms with Gasteiger partial charge in [-0.3, -0.25) is 9.59 Å². The third-order valence-corrected chi connectivity index (χ3v) is 9.36. The zero-order valence-corrected chi connectivity index (χ0v) is 22.8. The molecule has 1 saturated carbocycles. The van der Waals surface area contributed by atoms with Crippen LogP contribution in [0.3, 0.4) is 0 Å². The van der Waals surface area contributed by atoms with Crippen LogP contribution in [0.2, 0.25) is 0 Å². The number of ether oxygens (including phenoxy) is 2. The molecule has 4 rings (SSSR count). The maximum atomic E-state index is 14.2. The number of aromatic nitrogens is 2. The Balaban J connectivity index is 1.62. The quantitative estimate of drug-likeness (QED) is 0.458. The second-order valence-electron chi connectivity index (χ2n) is 9.80. The van der Waals surface area contributed by atoms with Crippen molar-refractivity contribution in [3.63, 3.8) is 0 Å². The molecule has 2 amide bonds. The van der Waals surface area contributed by atoms with Gasteiger partial charge in [-0.1, -0.05) is 12.8 Å². The van der Waals surface area contributed by atoms with Gasteiger partial charge in [0.1, 0.15) is 16.4 Å². The van der Waals surface area contributed by atoms with E-state index in [1.165, 1.54) is 24.6 Å². The number of carbonyl (C=O) groups is 2. The van der Waals surface area contributed by atoms with Gasteiger partial charge in [-0.2, -0.15) is 4.31 Å². The smallest absolute Gasteiger partial charge is 0.247 e. The molecule has 3 N–H and O–H groups in total. The van der Waals surface area contributed by atoms with Crippen LogP contribution in [0.4, 0.5) is 0 Å². The minimum absolute atomic E-state index is 0.0131. The van der Waals surface area contributed by atoms with Crippen LogP contribution >= 0.6 is 0 Å². The lowest BCUT2D eigenvalue weighted by atomic mass is 10.0. The van der Waals surface area contributed by atoms with Gasteiger partial charge in [0, 0.05) is 56.0 Å². The standard InChI is InChI=1S/C26H37N5O6S/c1-36-20-7-8-23(37-2)24(15-20)38(34,35)31-12-6-4-3-5-10-28-26(33)21-13-18(14-22(21)31)25(32)29-11-9-19-16-27-17-30-19/h7-8,15-18,21-22H,3-6,9-14H2,1-2H3,(H,27,30)(H,28,33)(H,29,32). The van der Waals surface area contributed by atoms with Crippen LogP contribution in [0.1, 0.15) is 44.2 Å². The molecule has 2 heterocycles. The van der Waals surface area contributed by atoms with E-state index in [-0.39, 0.29) is 41.8 Å². The van der Waals surface area contributed by atoms with E-state index in [1.54, 1.807) is 24.7 Å². The second kappa shape index (κ2) is 12.6. The van der Waals surface area contributed by atoms with Crippen LogP contribution in [0.5, 0.6) is 11.5 Å². The highest BCUT2D eigenvalue weighted by Gasteiger charge is 2.48. The van der Waals surface area contributed by atoms with Crippen molar-refractivity contribution in [2.45, 2.75) is 55.9 Å². The lowest BCUT2D eigenvalue weighted by Gasteiger charge is -2.32. The third-order valence-electron chi connectivity index (χ3n) is 7.42. The Kier molecular flexibility index (Phi) is 9.26. The van der Waals surface area contributed by atoms with Gasteiger partial charge in [0.25, 0.3) is 0 Å². The number of imidazole rings is 1. The summed E-state index contributed by atoms with van der Waals surface area (Å²) in [6.45, 7) is 1.22. The fourth-order valence-corrected chi connectivity index (χ4v) is 7.26. The van der Waals surface area contributed by atoms with E-state index in [0.717, 1.165) is 25.0 Å². The van der Waals surface area contributed by atoms with Crippen molar-refractivity contribution in [3.8, 4) is 11.5 Å². The number of amides is 2. The fourth-order valence-electron chi connectivity index (χ4n) is 5.38. The van der Waals surface area contributed by atoms with Crippen LogP contribution < -0.4 is 20.1 Å². The number of rotatable bonds is 8. The Morgan fingerprint density at radius 3 is 2.71 bits per heavy atom. The van der Waals surface area contributed by atoms with Gasteiger partial charge in [0.15, 0.2) is 0 Å². The average Bonchev–Trinajstić information content (AvgIpc) is 3.59. The number of benzene rings is 1. The summed E-state index contributed by atoms with van der Waals surface area (Å²) in [6, 6.07) is 3.99. The number of nitrogens with one attached hydrogen (secondary N) is 3. The molecule has 3 unspecified atom stereocenters. The summed E-state index contributed by atoms with van der Waals surface area (Å²) in [7, 11) is -1.19. The maximum absolute atomic E-state index is 14.2. The lowest BCUT2D eigenvalue weighted by Crippen LogP contribution is -2.47. The van der Waals surface area contributed by atoms with Crippen molar-refractivity contribution in [1.82, 2.24) is 24.9 Å². The molecule has 11 nitrogen and oxygen atoms in total. The zero-order valence-electron chi connectivity index (χ0n) is 21.9. The molecule has 12 heteroatoms. The molecule has 1 saturated heterocycles. The minimum atomic E-state index is -4.08. The summed E-state index contributed by atoms with van der Waals surface area (Å²) in [6.07, 6.45) is 7.66. The van der Waals surface area contributed by atoms with E-state index >= 15 is 0 Å². The van der Waals surface area contributed by atoms with Gasteiger partial charge in [-0.25, -0.2) is 13.4 Å². The molecule has 1 aromatic carbocycles. The number of sulfonamides is 1. The molecule has 3 atom stereocenters. The average molecular weight is 548 g/mol. The van der Waals surface area contributed by atoms with Crippen LogP contribution in [-0.4, -0.2) is 74.4 Å². The number of hydrogen-bond acceptors (Lipinski definition) is 7. The molecule has 0 radical (unpaired) electrons. The highest BCUT2D eigenvalue weighted by Crippen LogP contribution is 2.40. The molecular formula is C26H37N5O6S. The predicted molar refractivity (Wildman–Crippen MR) is 140 cm³/mol. The molecule has 1 aliphatic heterocycles. The molecular weight excluding hydrogens is 510 g/mol. The molecule has 208 valence electrons. The summed E-state index contributed by atoms with van der Waals surface area (Å²) >= 11 is 0. The molecule has 1 aromatic heterocycles. The van der Waals surface area contributed by atoms with Gasteiger partial charge in [0.2, 0.25) is 21.8 Å². The van der Waals surface area contributed by atoms with Gasteiger partial charge in [-0.15, -0.1) is 0 Å². The van der Waals surface area contributed by atoms with E-state index in [9.17, 15) is 18.0 Å². The van der Waals surface area contributed by atoms with E-state index in [2.05, 4.69) is 20.6 Å². The van der Waals surface area contributed by atoms with Gasteiger partial charge in [0.05, 0.1) is 26.5 Å². The number of carbonyl (C=O) groups excluding carboxylic acids is 2. The summed E-state index contributed by atoms with van der Waals surface area (Å²) in [5.74, 6) is -0.909. The summed E-state index contributed by atoms with van der Waals surface area (Å²) in [4.78, 5) is 33.4. The van der Waals surface area contributed by atoms with Crippen molar-refractivity contribution in [1.29, 1.82) is 0 Å². The minimum Gasteiger partial charge on any atom is -0.497 e. The van der Waals surface area contributed by atoms with Gasteiger partial charge in [-0.05, 0) is 37.8 Å². The van der Waals surface area contributed by atoms with E-state index in [4.69, 9.17) is 9.47 Å². The summed E-state index contributed by atoms with van der Waals surface area (Å²) in [5.41, 5.74) is 0.908. The van der Waals surface area contributed by atoms with E-state index in [1.807, 2.05) is 0 Å². The van der Waals surface area contributed by atoms with Crippen LogP contribution in [0.25, 0.3) is 0 Å². The third kappa shape index (κ3) is 6.29. The monoisotopic (exact) mass is 547 g/mol. The maximum Gasteiger partial charge on any atom is 0.247 e. The van der Waals surface area contributed by atoms with E-state index in [0.29, 0.717) is 31.7 Å².